The fourth-order valence-corrected chi connectivity index (χ4v) is 3.17. The van der Waals surface area contributed by atoms with E-state index in [4.69, 9.17) is 4.99 Å². The molecule has 0 fully saturated rings. The van der Waals surface area contributed by atoms with E-state index in [1.165, 1.54) is 6.07 Å². The van der Waals surface area contributed by atoms with Crippen molar-refractivity contribution in [2.24, 2.45) is 4.99 Å². The second-order valence-electron chi connectivity index (χ2n) is 4.62. The van der Waals surface area contributed by atoms with Crippen molar-refractivity contribution in [3.05, 3.63) is 28.5 Å². The van der Waals surface area contributed by atoms with Gasteiger partial charge in [-0.2, -0.15) is 0 Å². The largest absolute Gasteiger partial charge is 0.335 e. The summed E-state index contributed by atoms with van der Waals surface area (Å²) in [6.45, 7) is 4.31. The molecule has 1 aliphatic heterocycles. The minimum absolute atomic E-state index is 0.0154. The van der Waals surface area contributed by atoms with Crippen LogP contribution in [0.4, 0.5) is 10.1 Å². The minimum Gasteiger partial charge on any atom is -0.335 e. The first-order valence-corrected chi connectivity index (χ1v) is 7.75. The van der Waals surface area contributed by atoms with Crippen LogP contribution in [0.1, 0.15) is 26.7 Å². The van der Waals surface area contributed by atoms with Gasteiger partial charge in [-0.15, -0.1) is 0 Å². The average Bonchev–Trinajstić information content (AvgIpc) is 2.34. The van der Waals surface area contributed by atoms with Crippen LogP contribution >= 0.6 is 27.7 Å². The van der Waals surface area contributed by atoms with Gasteiger partial charge in [0.2, 0.25) is 0 Å². The molecule has 0 aliphatic carbocycles. The van der Waals surface area contributed by atoms with Crippen LogP contribution in [-0.4, -0.2) is 16.5 Å². The highest BCUT2D eigenvalue weighted by Gasteiger charge is 2.25. The Morgan fingerprint density at radius 3 is 3.00 bits per heavy atom. The van der Waals surface area contributed by atoms with Gasteiger partial charge in [0, 0.05) is 11.4 Å². The molecule has 0 saturated carbocycles. The average molecular weight is 331 g/mol. The van der Waals surface area contributed by atoms with Crippen molar-refractivity contribution >= 4 is 38.5 Å². The summed E-state index contributed by atoms with van der Waals surface area (Å²) in [4.78, 5) is 4.71. The zero-order valence-electron chi connectivity index (χ0n) is 10.5. The maximum absolute atomic E-state index is 13.4. The number of rotatable bonds is 2. The molecule has 5 heteroatoms. The molecule has 1 unspecified atom stereocenters. The van der Waals surface area contributed by atoms with E-state index in [0.29, 0.717) is 4.47 Å². The second-order valence-corrected chi connectivity index (χ2v) is 6.56. The zero-order valence-corrected chi connectivity index (χ0v) is 12.9. The van der Waals surface area contributed by atoms with Crippen LogP contribution in [0, 0.1) is 5.82 Å². The number of hydrogen-bond acceptors (Lipinski definition) is 3. The zero-order chi connectivity index (χ0) is 13.2. The number of halogens is 2. The van der Waals surface area contributed by atoms with Crippen LogP contribution in [0.15, 0.2) is 27.7 Å². The number of anilines is 1. The molecule has 1 heterocycles. The summed E-state index contributed by atoms with van der Waals surface area (Å²) in [5.74, 6) is 0.787. The van der Waals surface area contributed by atoms with Gasteiger partial charge < -0.3 is 5.32 Å². The molecular weight excluding hydrogens is 315 g/mol. The van der Waals surface area contributed by atoms with Gasteiger partial charge in [-0.25, -0.2) is 4.39 Å². The van der Waals surface area contributed by atoms with Gasteiger partial charge in [0.25, 0.3) is 0 Å². The molecule has 1 aromatic carbocycles. The summed E-state index contributed by atoms with van der Waals surface area (Å²) in [6, 6.07) is 5.02. The number of nitrogens with zero attached hydrogens (tertiary/aromatic N) is 1. The van der Waals surface area contributed by atoms with Crippen LogP contribution < -0.4 is 5.32 Å². The first kappa shape index (κ1) is 13.9. The van der Waals surface area contributed by atoms with Crippen LogP contribution in [-0.2, 0) is 0 Å². The van der Waals surface area contributed by atoms with E-state index < -0.39 is 0 Å². The summed E-state index contributed by atoms with van der Waals surface area (Å²) in [5, 5.41) is 4.07. The van der Waals surface area contributed by atoms with E-state index in [-0.39, 0.29) is 11.4 Å². The fraction of sp³-hybridized carbons (Fsp3) is 0.462. The molecule has 0 saturated heterocycles. The van der Waals surface area contributed by atoms with Crippen molar-refractivity contribution in [2.45, 2.75) is 32.2 Å². The Hall–Kier alpha value is -0.550. The molecule has 1 N–H and O–H groups in total. The first-order valence-electron chi connectivity index (χ1n) is 5.97. The van der Waals surface area contributed by atoms with Crippen LogP contribution in [0.3, 0.4) is 0 Å². The number of thioether (sulfide) groups is 1. The number of aliphatic imine (C=N–C) groups is 1. The van der Waals surface area contributed by atoms with E-state index in [9.17, 15) is 4.39 Å². The van der Waals surface area contributed by atoms with Gasteiger partial charge in [0.05, 0.1) is 10.0 Å². The Morgan fingerprint density at radius 2 is 2.33 bits per heavy atom. The van der Waals surface area contributed by atoms with Crippen molar-refractivity contribution in [1.29, 1.82) is 0 Å². The Bertz CT molecular complexity index is 478. The molecule has 0 radical (unpaired) electrons. The maximum atomic E-state index is 13.4. The normalized spacial score (nSPS) is 23.7. The minimum atomic E-state index is -0.264. The first-order chi connectivity index (χ1) is 8.52. The lowest BCUT2D eigenvalue weighted by molar-refractivity contribution is 0.443. The molecular formula is C13H16BrFN2S. The van der Waals surface area contributed by atoms with Gasteiger partial charge in [0.1, 0.15) is 5.82 Å². The number of benzene rings is 1. The van der Waals surface area contributed by atoms with E-state index in [0.717, 1.165) is 29.4 Å². The molecule has 1 aromatic rings. The van der Waals surface area contributed by atoms with Crippen LogP contribution in [0.5, 0.6) is 0 Å². The Kier molecular flexibility index (Phi) is 4.33. The van der Waals surface area contributed by atoms with E-state index in [2.05, 4.69) is 35.1 Å². The summed E-state index contributed by atoms with van der Waals surface area (Å²) in [5.41, 5.74) is 0.754. The molecule has 18 heavy (non-hydrogen) atoms. The molecule has 0 spiro atoms. The number of nitrogens with one attached hydrogen (secondary N) is 1. The topological polar surface area (TPSA) is 24.4 Å². The van der Waals surface area contributed by atoms with Gasteiger partial charge in [-0.3, -0.25) is 4.99 Å². The molecule has 1 aliphatic rings. The highest BCUT2D eigenvalue weighted by atomic mass is 79.9. The van der Waals surface area contributed by atoms with Crippen LogP contribution in [0.25, 0.3) is 0 Å². The molecule has 0 bridgehead atoms. The molecule has 2 rings (SSSR count). The van der Waals surface area contributed by atoms with Gasteiger partial charge in [-0.1, -0.05) is 18.7 Å². The summed E-state index contributed by atoms with van der Waals surface area (Å²) >= 11 is 4.84. The van der Waals surface area contributed by atoms with E-state index in [1.807, 2.05) is 6.07 Å². The molecule has 98 valence electrons. The van der Waals surface area contributed by atoms with Crippen molar-refractivity contribution < 1.29 is 4.39 Å². The number of amidine groups is 1. The lowest BCUT2D eigenvalue weighted by Crippen LogP contribution is -2.29. The fourth-order valence-electron chi connectivity index (χ4n) is 1.72. The third-order valence-corrected chi connectivity index (χ3v) is 4.70. The van der Waals surface area contributed by atoms with Crippen molar-refractivity contribution in [2.75, 3.05) is 11.1 Å². The molecule has 0 amide bonds. The van der Waals surface area contributed by atoms with Gasteiger partial charge >= 0.3 is 0 Å². The number of hydrogen-bond donors (Lipinski definition) is 1. The standard InChI is InChI=1S/C13H16BrFN2S/c1-3-13(2)6-7-18-12(17-13)16-9-4-5-10(14)11(15)8-9/h4-5,8H,3,6-7H2,1-2H3,(H,16,17). The highest BCUT2D eigenvalue weighted by molar-refractivity contribution is 9.10. The molecule has 2 nitrogen and oxygen atoms in total. The SMILES string of the molecule is CCC1(C)CCSC(Nc2ccc(Br)c(F)c2)=N1. The van der Waals surface area contributed by atoms with Crippen molar-refractivity contribution in [1.82, 2.24) is 0 Å². The maximum Gasteiger partial charge on any atom is 0.161 e. The molecule has 0 aromatic heterocycles. The van der Waals surface area contributed by atoms with Crippen LogP contribution in [0.2, 0.25) is 0 Å². The van der Waals surface area contributed by atoms with Gasteiger partial charge in [-0.05, 0) is 53.9 Å². The predicted octanol–water partition coefficient (Wildman–Crippen LogP) is 4.66. The third-order valence-electron chi connectivity index (χ3n) is 3.18. The van der Waals surface area contributed by atoms with E-state index >= 15 is 0 Å². The smallest absolute Gasteiger partial charge is 0.161 e. The summed E-state index contributed by atoms with van der Waals surface area (Å²) in [7, 11) is 0. The van der Waals surface area contributed by atoms with Crippen molar-refractivity contribution in [3.8, 4) is 0 Å². The Morgan fingerprint density at radius 1 is 1.56 bits per heavy atom. The quantitative estimate of drug-likeness (QED) is 0.852. The lowest BCUT2D eigenvalue weighted by Gasteiger charge is -2.29. The van der Waals surface area contributed by atoms with Crippen molar-refractivity contribution in [3.63, 3.8) is 0 Å². The highest BCUT2D eigenvalue weighted by Crippen LogP contribution is 2.30. The van der Waals surface area contributed by atoms with E-state index in [1.54, 1.807) is 17.8 Å². The predicted molar refractivity (Wildman–Crippen MR) is 80.9 cm³/mol. The summed E-state index contributed by atoms with van der Waals surface area (Å²) < 4.78 is 13.9. The Labute approximate surface area is 120 Å². The monoisotopic (exact) mass is 330 g/mol. The Balaban J connectivity index is 2.16. The lowest BCUT2D eigenvalue weighted by atomic mass is 9.97. The van der Waals surface area contributed by atoms with Gasteiger partial charge in [0.15, 0.2) is 5.17 Å². The second kappa shape index (κ2) is 5.61. The third kappa shape index (κ3) is 3.26. The molecule has 1 atom stereocenters. The summed E-state index contributed by atoms with van der Waals surface area (Å²) in [6.07, 6.45) is 2.11.